The summed E-state index contributed by atoms with van der Waals surface area (Å²) in [6, 6.07) is 9.67. The fourth-order valence-corrected chi connectivity index (χ4v) is 2.30. The van der Waals surface area contributed by atoms with Crippen molar-refractivity contribution in [3.8, 4) is 0 Å². The molecule has 1 heterocycles. The predicted octanol–water partition coefficient (Wildman–Crippen LogP) is 2.15. The molecular formula is C16H21N3O2. The van der Waals surface area contributed by atoms with Crippen molar-refractivity contribution in [3.63, 3.8) is 0 Å². The zero-order valence-corrected chi connectivity index (χ0v) is 12.2. The molecule has 2 aromatic rings. The Labute approximate surface area is 124 Å². The minimum Gasteiger partial charge on any atom is -0.395 e. The summed E-state index contributed by atoms with van der Waals surface area (Å²) in [6.07, 6.45) is 2.62. The average molecular weight is 287 g/mol. The lowest BCUT2D eigenvalue weighted by molar-refractivity contribution is 0.177. The molecule has 0 bridgehead atoms. The molecule has 0 aliphatic heterocycles. The number of hydrogen-bond acceptors (Lipinski definition) is 3. The summed E-state index contributed by atoms with van der Waals surface area (Å²) in [5.74, 6) is 0. The van der Waals surface area contributed by atoms with Crippen LogP contribution in [-0.2, 0) is 6.54 Å². The second-order valence-electron chi connectivity index (χ2n) is 4.86. The molecule has 0 spiro atoms. The molecule has 0 unspecified atom stereocenters. The maximum atomic E-state index is 12.1. The van der Waals surface area contributed by atoms with E-state index in [1.807, 2.05) is 37.3 Å². The van der Waals surface area contributed by atoms with Gasteiger partial charge in [-0.3, -0.25) is 4.98 Å². The lowest BCUT2D eigenvalue weighted by Gasteiger charge is -2.21. The van der Waals surface area contributed by atoms with Crippen LogP contribution in [-0.4, -0.2) is 40.7 Å². The topological polar surface area (TPSA) is 65.5 Å². The van der Waals surface area contributed by atoms with Gasteiger partial charge in [0.25, 0.3) is 0 Å². The number of aromatic nitrogens is 1. The predicted molar refractivity (Wildman–Crippen MR) is 82.9 cm³/mol. The number of nitrogens with one attached hydrogen (secondary N) is 1. The summed E-state index contributed by atoms with van der Waals surface area (Å²) in [7, 11) is 0. The van der Waals surface area contributed by atoms with E-state index in [0.29, 0.717) is 19.6 Å². The van der Waals surface area contributed by atoms with Crippen molar-refractivity contribution >= 4 is 16.9 Å². The van der Waals surface area contributed by atoms with Gasteiger partial charge in [-0.1, -0.05) is 31.2 Å². The van der Waals surface area contributed by atoms with E-state index >= 15 is 0 Å². The fraction of sp³-hybridized carbons (Fsp3) is 0.375. The third-order valence-corrected chi connectivity index (χ3v) is 3.30. The Morgan fingerprint density at radius 1 is 1.29 bits per heavy atom. The number of hydrogen-bond donors (Lipinski definition) is 2. The van der Waals surface area contributed by atoms with E-state index in [-0.39, 0.29) is 12.6 Å². The Balaban J connectivity index is 2.05. The van der Waals surface area contributed by atoms with Crippen LogP contribution in [0.3, 0.4) is 0 Å². The first kappa shape index (κ1) is 15.3. The first-order valence-corrected chi connectivity index (χ1v) is 7.22. The molecule has 0 saturated heterocycles. The molecule has 0 saturated carbocycles. The van der Waals surface area contributed by atoms with Crippen molar-refractivity contribution in [3.05, 3.63) is 42.1 Å². The van der Waals surface area contributed by atoms with E-state index in [4.69, 9.17) is 5.11 Å². The summed E-state index contributed by atoms with van der Waals surface area (Å²) < 4.78 is 0. The Kier molecular flexibility index (Phi) is 5.51. The molecule has 21 heavy (non-hydrogen) atoms. The third kappa shape index (κ3) is 3.92. The molecular weight excluding hydrogens is 266 g/mol. The molecule has 0 radical (unpaired) electrons. The van der Waals surface area contributed by atoms with E-state index in [2.05, 4.69) is 10.3 Å². The molecule has 0 atom stereocenters. The summed E-state index contributed by atoms with van der Waals surface area (Å²) in [6.45, 7) is 3.40. The maximum Gasteiger partial charge on any atom is 0.317 e. The van der Waals surface area contributed by atoms with Gasteiger partial charge in [-0.15, -0.1) is 0 Å². The smallest absolute Gasteiger partial charge is 0.317 e. The lowest BCUT2D eigenvalue weighted by Crippen LogP contribution is -2.41. The summed E-state index contributed by atoms with van der Waals surface area (Å²) >= 11 is 0. The van der Waals surface area contributed by atoms with E-state index < -0.39 is 0 Å². The van der Waals surface area contributed by atoms with Gasteiger partial charge >= 0.3 is 6.03 Å². The molecule has 2 N–H and O–H groups in total. The SMILES string of the molecule is CCCN(CCO)C(=O)NCc1cccc2cccnc12. The second kappa shape index (κ2) is 7.59. The van der Waals surface area contributed by atoms with Gasteiger partial charge in [0, 0.05) is 31.2 Å². The zero-order chi connectivity index (χ0) is 15.1. The highest BCUT2D eigenvalue weighted by molar-refractivity contribution is 5.82. The second-order valence-corrected chi connectivity index (χ2v) is 4.86. The highest BCUT2D eigenvalue weighted by Gasteiger charge is 2.12. The van der Waals surface area contributed by atoms with Crippen LogP contribution < -0.4 is 5.32 Å². The molecule has 5 nitrogen and oxygen atoms in total. The number of pyridine rings is 1. The standard InChI is InChI=1S/C16H21N3O2/c1-2-9-19(10-11-20)16(21)18-12-14-6-3-5-13-7-4-8-17-15(13)14/h3-8,20H,2,9-12H2,1H3,(H,18,21). The Bertz CT molecular complexity index is 590. The van der Waals surface area contributed by atoms with Crippen LogP contribution in [0.1, 0.15) is 18.9 Å². The van der Waals surface area contributed by atoms with Gasteiger partial charge in [0.2, 0.25) is 0 Å². The number of benzene rings is 1. The molecule has 0 aliphatic carbocycles. The fourth-order valence-electron chi connectivity index (χ4n) is 2.30. The molecule has 2 amide bonds. The molecule has 1 aromatic carbocycles. The normalized spacial score (nSPS) is 10.6. The van der Waals surface area contributed by atoms with Gasteiger partial charge < -0.3 is 15.3 Å². The molecule has 0 aliphatic rings. The number of urea groups is 1. The molecule has 0 fully saturated rings. The van der Waals surface area contributed by atoms with Crippen molar-refractivity contribution in [1.29, 1.82) is 0 Å². The van der Waals surface area contributed by atoms with Crippen molar-refractivity contribution in [2.45, 2.75) is 19.9 Å². The van der Waals surface area contributed by atoms with Crippen LogP contribution in [0.25, 0.3) is 10.9 Å². The Morgan fingerprint density at radius 3 is 2.86 bits per heavy atom. The lowest BCUT2D eigenvalue weighted by atomic mass is 10.1. The van der Waals surface area contributed by atoms with E-state index in [1.165, 1.54) is 0 Å². The minimum absolute atomic E-state index is 0.0246. The number of fused-ring (bicyclic) bond motifs is 1. The molecule has 5 heteroatoms. The van der Waals surface area contributed by atoms with E-state index in [1.54, 1.807) is 11.1 Å². The van der Waals surface area contributed by atoms with Crippen LogP contribution in [0.4, 0.5) is 4.79 Å². The number of para-hydroxylation sites is 1. The summed E-state index contributed by atoms with van der Waals surface area (Å²) in [5.41, 5.74) is 1.89. The first-order chi connectivity index (χ1) is 10.3. The van der Waals surface area contributed by atoms with Crippen LogP contribution >= 0.6 is 0 Å². The Hall–Kier alpha value is -2.14. The van der Waals surface area contributed by atoms with Crippen LogP contribution in [0, 0.1) is 0 Å². The summed E-state index contributed by atoms with van der Waals surface area (Å²) in [5, 5.41) is 13.0. The molecule has 112 valence electrons. The monoisotopic (exact) mass is 287 g/mol. The van der Waals surface area contributed by atoms with Gasteiger partial charge in [0.1, 0.15) is 0 Å². The number of carbonyl (C=O) groups is 1. The van der Waals surface area contributed by atoms with Crippen molar-refractivity contribution < 1.29 is 9.90 Å². The zero-order valence-electron chi connectivity index (χ0n) is 12.2. The Morgan fingerprint density at radius 2 is 2.10 bits per heavy atom. The average Bonchev–Trinajstić information content (AvgIpc) is 2.52. The molecule has 1 aromatic heterocycles. The van der Waals surface area contributed by atoms with Crippen molar-refractivity contribution in [2.24, 2.45) is 0 Å². The van der Waals surface area contributed by atoms with Gasteiger partial charge in [-0.25, -0.2) is 4.79 Å². The number of aliphatic hydroxyl groups excluding tert-OH is 1. The van der Waals surface area contributed by atoms with E-state index in [9.17, 15) is 4.79 Å². The number of carbonyl (C=O) groups excluding carboxylic acids is 1. The largest absolute Gasteiger partial charge is 0.395 e. The molecule has 2 rings (SSSR count). The maximum absolute atomic E-state index is 12.1. The van der Waals surface area contributed by atoms with Gasteiger partial charge in [-0.05, 0) is 18.1 Å². The van der Waals surface area contributed by atoms with Gasteiger partial charge in [0.15, 0.2) is 0 Å². The van der Waals surface area contributed by atoms with Gasteiger partial charge in [0.05, 0.1) is 12.1 Å². The number of nitrogens with zero attached hydrogens (tertiary/aromatic N) is 2. The number of amides is 2. The first-order valence-electron chi connectivity index (χ1n) is 7.22. The van der Waals surface area contributed by atoms with Crippen molar-refractivity contribution in [2.75, 3.05) is 19.7 Å². The van der Waals surface area contributed by atoms with Crippen LogP contribution in [0.5, 0.6) is 0 Å². The third-order valence-electron chi connectivity index (χ3n) is 3.30. The van der Waals surface area contributed by atoms with E-state index in [0.717, 1.165) is 22.9 Å². The number of aliphatic hydroxyl groups is 1. The highest BCUT2D eigenvalue weighted by Crippen LogP contribution is 2.15. The van der Waals surface area contributed by atoms with Crippen LogP contribution in [0.2, 0.25) is 0 Å². The number of rotatable bonds is 6. The van der Waals surface area contributed by atoms with Gasteiger partial charge in [-0.2, -0.15) is 0 Å². The minimum atomic E-state index is -0.154. The highest BCUT2D eigenvalue weighted by atomic mass is 16.3. The van der Waals surface area contributed by atoms with Crippen molar-refractivity contribution in [1.82, 2.24) is 15.2 Å². The summed E-state index contributed by atoms with van der Waals surface area (Å²) in [4.78, 5) is 18.1. The quantitative estimate of drug-likeness (QED) is 0.855. The van der Waals surface area contributed by atoms with Crippen LogP contribution in [0.15, 0.2) is 36.5 Å².